The highest BCUT2D eigenvalue weighted by atomic mass is 16.6. The van der Waals surface area contributed by atoms with Gasteiger partial charge in [0.25, 0.3) is 0 Å². The molecule has 0 radical (unpaired) electrons. The third-order valence-corrected chi connectivity index (χ3v) is 4.28. The van der Waals surface area contributed by atoms with E-state index in [2.05, 4.69) is 22.3 Å². The molecular formula is C16H22N7O2+. The van der Waals surface area contributed by atoms with E-state index >= 15 is 0 Å². The largest absolute Gasteiger partial charge is 0.378 e. The zero-order valence-electron chi connectivity index (χ0n) is 14.1. The maximum absolute atomic E-state index is 11.4. The molecular weight excluding hydrogens is 322 g/mol. The Labute approximate surface area is 145 Å². The van der Waals surface area contributed by atoms with Gasteiger partial charge in [-0.15, -0.1) is 0 Å². The van der Waals surface area contributed by atoms with Crippen molar-refractivity contribution in [3.8, 4) is 0 Å². The maximum Gasteiger partial charge on any atom is 0.353 e. The van der Waals surface area contributed by atoms with E-state index in [-0.39, 0.29) is 17.3 Å². The molecule has 4 N–H and O–H groups in total. The summed E-state index contributed by atoms with van der Waals surface area (Å²) < 4.78 is 0. The lowest BCUT2D eigenvalue weighted by atomic mass is 10.2. The highest BCUT2D eigenvalue weighted by Gasteiger charge is 2.26. The Morgan fingerprint density at radius 1 is 1.28 bits per heavy atom. The van der Waals surface area contributed by atoms with Crippen molar-refractivity contribution in [1.29, 1.82) is 0 Å². The number of nitro groups is 1. The molecule has 0 spiro atoms. The van der Waals surface area contributed by atoms with Gasteiger partial charge in [0.15, 0.2) is 0 Å². The standard InChI is InChI=1S/C16H21N7O2/c1-21-7-9-22(10-8-21)16-19-14(17)13(23(24)25)15(20-16)18-11-12-5-3-2-4-6-12/h2-6H,7-11H2,1H3,(H3,17,18,19,20)/p+1. The summed E-state index contributed by atoms with van der Waals surface area (Å²) in [5.74, 6) is 0.477. The number of hydrogen-bond acceptors (Lipinski definition) is 7. The minimum Gasteiger partial charge on any atom is -0.378 e. The Morgan fingerprint density at radius 2 is 1.96 bits per heavy atom. The lowest BCUT2D eigenvalue weighted by Gasteiger charge is -2.30. The second-order valence-corrected chi connectivity index (χ2v) is 6.15. The van der Waals surface area contributed by atoms with E-state index in [4.69, 9.17) is 5.73 Å². The predicted octanol–water partition coefficient (Wildman–Crippen LogP) is -0.0862. The smallest absolute Gasteiger partial charge is 0.353 e. The number of piperazine rings is 1. The first-order valence-electron chi connectivity index (χ1n) is 8.20. The van der Waals surface area contributed by atoms with Gasteiger partial charge in [-0.25, -0.2) is 0 Å². The average Bonchev–Trinajstić information content (AvgIpc) is 2.60. The van der Waals surface area contributed by atoms with Crippen molar-refractivity contribution in [3.63, 3.8) is 0 Å². The number of rotatable bonds is 5. The summed E-state index contributed by atoms with van der Waals surface area (Å²) in [5, 5.41) is 14.4. The van der Waals surface area contributed by atoms with Crippen LogP contribution < -0.4 is 20.9 Å². The number of anilines is 3. The molecule has 2 aromatic rings. The van der Waals surface area contributed by atoms with Gasteiger partial charge in [-0.3, -0.25) is 10.1 Å². The molecule has 1 fully saturated rings. The third kappa shape index (κ3) is 3.94. The molecule has 1 saturated heterocycles. The van der Waals surface area contributed by atoms with E-state index in [1.165, 1.54) is 4.90 Å². The quantitative estimate of drug-likeness (QED) is 0.513. The average molecular weight is 344 g/mol. The van der Waals surface area contributed by atoms with Crippen molar-refractivity contribution in [2.75, 3.05) is 49.2 Å². The van der Waals surface area contributed by atoms with Crippen molar-refractivity contribution in [2.45, 2.75) is 6.54 Å². The van der Waals surface area contributed by atoms with Crippen molar-refractivity contribution in [3.05, 3.63) is 46.0 Å². The van der Waals surface area contributed by atoms with Crippen LogP contribution in [-0.4, -0.2) is 48.1 Å². The molecule has 9 heteroatoms. The summed E-state index contributed by atoms with van der Waals surface area (Å²) in [7, 11) is 2.13. The normalized spacial score (nSPS) is 15.2. The summed E-state index contributed by atoms with van der Waals surface area (Å²) in [4.78, 5) is 22.8. The van der Waals surface area contributed by atoms with Crippen LogP contribution in [-0.2, 0) is 6.54 Å². The maximum atomic E-state index is 11.4. The fourth-order valence-electron chi connectivity index (χ4n) is 2.77. The van der Waals surface area contributed by atoms with Crippen LogP contribution in [0.4, 0.5) is 23.3 Å². The molecule has 1 aromatic heterocycles. The third-order valence-electron chi connectivity index (χ3n) is 4.28. The first-order valence-corrected chi connectivity index (χ1v) is 8.20. The van der Waals surface area contributed by atoms with E-state index < -0.39 is 4.92 Å². The second-order valence-electron chi connectivity index (χ2n) is 6.15. The summed E-state index contributed by atoms with van der Waals surface area (Å²) in [6, 6.07) is 9.62. The van der Waals surface area contributed by atoms with Gasteiger partial charge in [0.05, 0.1) is 38.2 Å². The van der Waals surface area contributed by atoms with Gasteiger partial charge < -0.3 is 20.9 Å². The van der Waals surface area contributed by atoms with Crippen molar-refractivity contribution < 1.29 is 9.82 Å². The molecule has 0 amide bonds. The lowest BCUT2D eigenvalue weighted by molar-refractivity contribution is -0.880. The fraction of sp³-hybridized carbons (Fsp3) is 0.375. The van der Waals surface area contributed by atoms with E-state index in [1.54, 1.807) is 0 Å². The van der Waals surface area contributed by atoms with Crippen LogP contribution in [0.2, 0.25) is 0 Å². The highest BCUT2D eigenvalue weighted by Crippen LogP contribution is 2.30. The van der Waals surface area contributed by atoms with Crippen LogP contribution in [0.25, 0.3) is 0 Å². The van der Waals surface area contributed by atoms with Crippen molar-refractivity contribution in [1.82, 2.24) is 9.97 Å². The molecule has 2 heterocycles. The Kier molecular flexibility index (Phi) is 4.94. The molecule has 1 aliphatic rings. The molecule has 3 rings (SSSR count). The van der Waals surface area contributed by atoms with Gasteiger partial charge in [0, 0.05) is 6.54 Å². The minimum absolute atomic E-state index is 0.114. The Morgan fingerprint density at radius 3 is 2.60 bits per heavy atom. The number of nitrogens with one attached hydrogen (secondary N) is 2. The first kappa shape index (κ1) is 16.9. The molecule has 0 bridgehead atoms. The van der Waals surface area contributed by atoms with Gasteiger partial charge >= 0.3 is 5.69 Å². The monoisotopic (exact) mass is 344 g/mol. The number of nitrogens with zero attached hydrogens (tertiary/aromatic N) is 4. The fourth-order valence-corrected chi connectivity index (χ4v) is 2.77. The van der Waals surface area contributed by atoms with E-state index in [9.17, 15) is 10.1 Å². The summed E-state index contributed by atoms with van der Waals surface area (Å²) in [5.41, 5.74) is 6.58. The first-order chi connectivity index (χ1) is 12.0. The van der Waals surface area contributed by atoms with Crippen LogP contribution in [0.15, 0.2) is 30.3 Å². The molecule has 0 atom stereocenters. The lowest BCUT2D eigenvalue weighted by Crippen LogP contribution is -3.12. The summed E-state index contributed by atoms with van der Waals surface area (Å²) in [6.45, 7) is 3.94. The van der Waals surface area contributed by atoms with Gasteiger partial charge in [-0.1, -0.05) is 30.3 Å². The van der Waals surface area contributed by atoms with Crippen LogP contribution in [0, 0.1) is 10.1 Å². The molecule has 9 nitrogen and oxygen atoms in total. The highest BCUT2D eigenvalue weighted by molar-refractivity contribution is 5.70. The number of quaternary nitrogens is 1. The SMILES string of the molecule is C[NH+]1CCN(c2nc(N)c([N+](=O)[O-])c(NCc3ccccc3)n2)CC1. The van der Waals surface area contributed by atoms with Crippen molar-refractivity contribution in [2.24, 2.45) is 0 Å². The number of hydrogen-bond donors (Lipinski definition) is 3. The van der Waals surface area contributed by atoms with Gasteiger partial charge in [-0.2, -0.15) is 9.97 Å². The number of nitrogens with two attached hydrogens (primary N) is 1. The second kappa shape index (κ2) is 7.31. The van der Waals surface area contributed by atoms with Gasteiger partial charge in [0.2, 0.25) is 17.6 Å². The number of benzene rings is 1. The molecule has 0 aliphatic carbocycles. The van der Waals surface area contributed by atoms with E-state index in [0.717, 1.165) is 31.7 Å². The summed E-state index contributed by atoms with van der Waals surface area (Å²) in [6.07, 6.45) is 0. The van der Waals surface area contributed by atoms with E-state index in [1.807, 2.05) is 35.2 Å². The molecule has 0 saturated carbocycles. The predicted molar refractivity (Wildman–Crippen MR) is 95.7 cm³/mol. The number of nitrogen functional groups attached to an aromatic ring is 1. The Hall–Kier alpha value is -2.94. The van der Waals surface area contributed by atoms with Crippen LogP contribution in [0.1, 0.15) is 5.56 Å². The minimum atomic E-state index is -0.541. The molecule has 0 unspecified atom stereocenters. The van der Waals surface area contributed by atoms with E-state index in [0.29, 0.717) is 12.5 Å². The molecule has 1 aromatic carbocycles. The zero-order chi connectivity index (χ0) is 17.8. The Bertz CT molecular complexity index is 746. The van der Waals surface area contributed by atoms with Gasteiger partial charge in [-0.05, 0) is 5.56 Å². The zero-order valence-corrected chi connectivity index (χ0v) is 14.1. The molecule has 25 heavy (non-hydrogen) atoms. The molecule has 132 valence electrons. The number of likely N-dealkylation sites (N-methyl/N-ethyl adjacent to an activating group) is 1. The van der Waals surface area contributed by atoms with Crippen molar-refractivity contribution >= 4 is 23.3 Å². The Balaban J connectivity index is 1.86. The van der Waals surface area contributed by atoms with Crippen LogP contribution >= 0.6 is 0 Å². The number of aromatic nitrogens is 2. The van der Waals surface area contributed by atoms with Crippen LogP contribution in [0.3, 0.4) is 0 Å². The molecule has 1 aliphatic heterocycles. The summed E-state index contributed by atoms with van der Waals surface area (Å²) >= 11 is 0. The van der Waals surface area contributed by atoms with Crippen LogP contribution in [0.5, 0.6) is 0 Å². The topological polar surface area (TPSA) is 115 Å². The van der Waals surface area contributed by atoms with Gasteiger partial charge in [0.1, 0.15) is 0 Å².